The summed E-state index contributed by atoms with van der Waals surface area (Å²) in [5, 5.41) is 4.83. The van der Waals surface area contributed by atoms with Crippen LogP contribution < -0.4 is 5.32 Å². The Morgan fingerprint density at radius 1 is 1.67 bits per heavy atom. The number of carbonyl (C=O) groups excluding carboxylic acids is 1. The summed E-state index contributed by atoms with van der Waals surface area (Å²) in [6, 6.07) is 3.94. The van der Waals surface area contributed by atoms with Gasteiger partial charge in [-0.2, -0.15) is 0 Å². The maximum atomic E-state index is 11.8. The molecular formula is C10H11Cl2NOS. The molecule has 1 aliphatic rings. The van der Waals surface area contributed by atoms with Crippen molar-refractivity contribution in [2.45, 2.75) is 24.2 Å². The fourth-order valence-corrected chi connectivity index (χ4v) is 2.77. The summed E-state index contributed by atoms with van der Waals surface area (Å²) in [7, 11) is 0. The number of amides is 1. The molecule has 0 spiro atoms. The summed E-state index contributed by atoms with van der Waals surface area (Å²) in [6.07, 6.45) is 0.527. The zero-order chi connectivity index (χ0) is 11.1. The Morgan fingerprint density at radius 3 is 2.80 bits per heavy atom. The fourth-order valence-electron chi connectivity index (χ4n) is 1.42. The first kappa shape index (κ1) is 11.2. The Bertz CT molecular complexity index is 377. The van der Waals surface area contributed by atoms with E-state index in [2.05, 4.69) is 5.32 Å². The molecule has 0 radical (unpaired) electrons. The number of hydrogen-bond acceptors (Lipinski definition) is 2. The summed E-state index contributed by atoms with van der Waals surface area (Å²) in [6.45, 7) is 2.34. The van der Waals surface area contributed by atoms with E-state index < -0.39 is 9.75 Å². The summed E-state index contributed by atoms with van der Waals surface area (Å²) >= 11 is 13.4. The highest BCUT2D eigenvalue weighted by atomic mass is 35.5. The van der Waals surface area contributed by atoms with Crippen molar-refractivity contribution in [3.63, 3.8) is 0 Å². The highest BCUT2D eigenvalue weighted by Crippen LogP contribution is 2.63. The van der Waals surface area contributed by atoms with E-state index in [-0.39, 0.29) is 5.91 Å². The number of carbonyl (C=O) groups is 1. The van der Waals surface area contributed by atoms with E-state index in [4.69, 9.17) is 23.2 Å². The molecule has 1 aliphatic carbocycles. The van der Waals surface area contributed by atoms with Crippen molar-refractivity contribution >= 4 is 40.4 Å². The Labute approximate surface area is 103 Å². The molecule has 82 valence electrons. The van der Waals surface area contributed by atoms with Gasteiger partial charge in [0.05, 0.1) is 12.0 Å². The molecule has 0 aromatic carbocycles. The third-order valence-electron chi connectivity index (χ3n) is 2.76. The van der Waals surface area contributed by atoms with E-state index in [0.29, 0.717) is 13.0 Å². The monoisotopic (exact) mass is 263 g/mol. The normalized spacial score (nSPS) is 27.4. The van der Waals surface area contributed by atoms with Crippen LogP contribution in [-0.2, 0) is 11.3 Å². The van der Waals surface area contributed by atoms with E-state index in [1.165, 1.54) is 0 Å². The van der Waals surface area contributed by atoms with Crippen LogP contribution >= 0.6 is 34.5 Å². The van der Waals surface area contributed by atoms with Gasteiger partial charge >= 0.3 is 0 Å². The van der Waals surface area contributed by atoms with Crippen LogP contribution in [0.15, 0.2) is 17.5 Å². The minimum atomic E-state index is -0.882. The van der Waals surface area contributed by atoms with Crippen LogP contribution in [-0.4, -0.2) is 10.2 Å². The molecule has 1 aromatic rings. The van der Waals surface area contributed by atoms with Crippen molar-refractivity contribution in [1.29, 1.82) is 0 Å². The van der Waals surface area contributed by atoms with E-state index >= 15 is 0 Å². The fraction of sp³-hybridized carbons (Fsp3) is 0.500. The molecule has 1 fully saturated rings. The van der Waals surface area contributed by atoms with Crippen molar-refractivity contribution in [1.82, 2.24) is 5.32 Å². The van der Waals surface area contributed by atoms with Crippen LogP contribution in [0.4, 0.5) is 0 Å². The highest BCUT2D eigenvalue weighted by molar-refractivity contribution is 7.09. The summed E-state index contributed by atoms with van der Waals surface area (Å²) in [4.78, 5) is 12.9. The molecule has 2 rings (SSSR count). The Balaban J connectivity index is 1.89. The molecule has 1 atom stereocenters. The zero-order valence-corrected chi connectivity index (χ0v) is 10.5. The van der Waals surface area contributed by atoms with Gasteiger partial charge in [-0.3, -0.25) is 4.79 Å². The maximum absolute atomic E-state index is 11.8. The number of nitrogens with one attached hydrogen (secondary N) is 1. The summed E-state index contributed by atoms with van der Waals surface area (Å²) in [5.41, 5.74) is -0.618. The highest BCUT2D eigenvalue weighted by Gasteiger charge is 2.67. The molecule has 15 heavy (non-hydrogen) atoms. The number of thiophene rings is 1. The molecule has 1 heterocycles. The quantitative estimate of drug-likeness (QED) is 0.835. The van der Waals surface area contributed by atoms with Crippen molar-refractivity contribution in [3.8, 4) is 0 Å². The second-order valence-corrected chi connectivity index (χ2v) is 6.49. The van der Waals surface area contributed by atoms with Gasteiger partial charge < -0.3 is 5.32 Å². The Kier molecular flexibility index (Phi) is 2.73. The largest absolute Gasteiger partial charge is 0.351 e. The molecular weight excluding hydrogens is 253 g/mol. The number of alkyl halides is 2. The van der Waals surface area contributed by atoms with Gasteiger partial charge in [0.2, 0.25) is 5.91 Å². The van der Waals surface area contributed by atoms with E-state index in [0.717, 1.165) is 4.88 Å². The molecule has 0 saturated heterocycles. The van der Waals surface area contributed by atoms with Gasteiger partial charge in [0, 0.05) is 4.88 Å². The molecule has 1 aromatic heterocycles. The predicted molar refractivity (Wildman–Crippen MR) is 63.3 cm³/mol. The summed E-state index contributed by atoms with van der Waals surface area (Å²) in [5.74, 6) is -0.0686. The van der Waals surface area contributed by atoms with Crippen LogP contribution in [0, 0.1) is 5.41 Å². The average molecular weight is 264 g/mol. The van der Waals surface area contributed by atoms with Gasteiger partial charge in [0.15, 0.2) is 0 Å². The van der Waals surface area contributed by atoms with Crippen molar-refractivity contribution in [3.05, 3.63) is 22.4 Å². The minimum absolute atomic E-state index is 0.0686. The second kappa shape index (κ2) is 3.65. The molecule has 1 saturated carbocycles. The van der Waals surface area contributed by atoms with Gasteiger partial charge in [-0.25, -0.2) is 0 Å². The first-order valence-corrected chi connectivity index (χ1v) is 6.28. The standard InChI is InChI=1S/C10H11Cl2NOS/c1-9(6-10(9,11)12)8(14)13-5-7-3-2-4-15-7/h2-4H,5-6H2,1H3,(H,13,14)/t9-/m1/s1. The SMILES string of the molecule is C[C@]1(C(=O)NCc2cccs2)CC1(Cl)Cl. The molecule has 5 heteroatoms. The Morgan fingerprint density at radius 2 is 2.33 bits per heavy atom. The lowest BCUT2D eigenvalue weighted by Crippen LogP contribution is -2.32. The topological polar surface area (TPSA) is 29.1 Å². The number of halogens is 2. The molecule has 1 N–H and O–H groups in total. The van der Waals surface area contributed by atoms with Crippen LogP contribution in [0.2, 0.25) is 0 Å². The lowest BCUT2D eigenvalue weighted by atomic mass is 10.1. The average Bonchev–Trinajstić information content (AvgIpc) is 2.57. The molecule has 2 nitrogen and oxygen atoms in total. The third-order valence-corrected chi connectivity index (χ3v) is 4.74. The predicted octanol–water partition coefficient (Wildman–Crippen LogP) is 2.95. The van der Waals surface area contributed by atoms with E-state index in [1.54, 1.807) is 18.3 Å². The second-order valence-electron chi connectivity index (χ2n) is 3.98. The molecule has 0 unspecified atom stereocenters. The first-order chi connectivity index (χ1) is 6.96. The van der Waals surface area contributed by atoms with Gasteiger partial charge in [0.25, 0.3) is 0 Å². The number of rotatable bonds is 3. The molecule has 1 amide bonds. The lowest BCUT2D eigenvalue weighted by molar-refractivity contribution is -0.125. The van der Waals surface area contributed by atoms with E-state index in [9.17, 15) is 4.79 Å². The van der Waals surface area contributed by atoms with Gasteiger partial charge in [-0.05, 0) is 24.8 Å². The lowest BCUT2D eigenvalue weighted by Gasteiger charge is -2.11. The van der Waals surface area contributed by atoms with Crippen molar-refractivity contribution < 1.29 is 4.79 Å². The molecule has 0 bridgehead atoms. The third kappa shape index (κ3) is 2.01. The summed E-state index contributed by atoms with van der Waals surface area (Å²) < 4.78 is -0.882. The number of hydrogen-bond donors (Lipinski definition) is 1. The van der Waals surface area contributed by atoms with Gasteiger partial charge in [-0.15, -0.1) is 34.5 Å². The van der Waals surface area contributed by atoms with Crippen molar-refractivity contribution in [2.24, 2.45) is 5.41 Å². The van der Waals surface area contributed by atoms with Gasteiger partial charge in [0.1, 0.15) is 4.33 Å². The molecule has 0 aliphatic heterocycles. The smallest absolute Gasteiger partial charge is 0.229 e. The van der Waals surface area contributed by atoms with Crippen molar-refractivity contribution in [2.75, 3.05) is 0 Å². The van der Waals surface area contributed by atoms with Crippen LogP contribution in [0.5, 0.6) is 0 Å². The maximum Gasteiger partial charge on any atom is 0.229 e. The van der Waals surface area contributed by atoms with Crippen LogP contribution in [0.3, 0.4) is 0 Å². The van der Waals surface area contributed by atoms with E-state index in [1.807, 2.05) is 17.5 Å². The minimum Gasteiger partial charge on any atom is -0.351 e. The first-order valence-electron chi connectivity index (χ1n) is 4.64. The zero-order valence-electron chi connectivity index (χ0n) is 8.22. The van der Waals surface area contributed by atoms with Crippen LogP contribution in [0.1, 0.15) is 18.2 Å². The Hall–Kier alpha value is -0.250. The van der Waals surface area contributed by atoms with Crippen LogP contribution in [0.25, 0.3) is 0 Å². The van der Waals surface area contributed by atoms with Gasteiger partial charge in [-0.1, -0.05) is 6.07 Å².